The fraction of sp³-hybridized carbons (Fsp3) is 0.429. The van der Waals surface area contributed by atoms with Crippen LogP contribution < -0.4 is 5.32 Å². The van der Waals surface area contributed by atoms with Crippen LogP contribution in [0.25, 0.3) is 0 Å². The number of likely N-dealkylation sites (tertiary alicyclic amines) is 1. The number of halogens is 1. The van der Waals surface area contributed by atoms with Crippen LogP contribution in [0.2, 0.25) is 0 Å². The lowest BCUT2D eigenvalue weighted by Gasteiger charge is -2.26. The molecule has 0 radical (unpaired) electrons. The van der Waals surface area contributed by atoms with Gasteiger partial charge >= 0.3 is 6.03 Å². The predicted molar refractivity (Wildman–Crippen MR) is 81.6 cm³/mol. The van der Waals surface area contributed by atoms with Crippen LogP contribution in [0.1, 0.15) is 12.8 Å². The Hall–Kier alpha value is -1.56. The molecule has 0 bridgehead atoms. The quantitative estimate of drug-likeness (QED) is 0.900. The van der Waals surface area contributed by atoms with Crippen LogP contribution in [0.4, 0.5) is 10.5 Å². The van der Waals surface area contributed by atoms with Gasteiger partial charge in [-0.05, 0) is 31.0 Å². The molecule has 1 aromatic carbocycles. The molecule has 6 heteroatoms. The molecule has 1 heterocycles. The normalized spacial score (nSPS) is 17.9. The van der Waals surface area contributed by atoms with E-state index in [0.29, 0.717) is 12.2 Å². The topological polar surface area (TPSA) is 52.7 Å². The van der Waals surface area contributed by atoms with E-state index in [4.69, 9.17) is 0 Å². The van der Waals surface area contributed by atoms with E-state index < -0.39 is 0 Å². The number of anilines is 1. The third kappa shape index (κ3) is 3.30. The molecule has 0 saturated carbocycles. The van der Waals surface area contributed by atoms with Crippen molar-refractivity contribution in [1.82, 2.24) is 9.80 Å². The fourth-order valence-corrected chi connectivity index (χ4v) is 2.73. The van der Waals surface area contributed by atoms with Gasteiger partial charge in [-0.2, -0.15) is 0 Å². The lowest BCUT2D eigenvalue weighted by atomic mass is 10.2. The van der Waals surface area contributed by atoms with Crippen LogP contribution in [0.3, 0.4) is 0 Å². The zero-order valence-electron chi connectivity index (χ0n) is 11.6. The summed E-state index contributed by atoms with van der Waals surface area (Å²) in [5.74, 6) is -0.0214. The van der Waals surface area contributed by atoms with Gasteiger partial charge < -0.3 is 15.1 Å². The maximum atomic E-state index is 12.3. The smallest absolute Gasteiger partial charge is 0.322 e. The Kier molecular flexibility index (Phi) is 4.65. The predicted octanol–water partition coefficient (Wildman–Crippen LogP) is 2.53. The average molecular weight is 340 g/mol. The standard InChI is InChI=1S/C14H18BrN3O2/c1-17(2)13(19)12-7-4-8-18(12)14(20)16-11-6-3-5-10(15)9-11/h3,5-6,9,12H,4,7-8H2,1-2H3,(H,16,20). The summed E-state index contributed by atoms with van der Waals surface area (Å²) in [5, 5.41) is 2.83. The number of hydrogen-bond acceptors (Lipinski definition) is 2. The number of hydrogen-bond donors (Lipinski definition) is 1. The molecular weight excluding hydrogens is 322 g/mol. The molecule has 108 valence electrons. The summed E-state index contributed by atoms with van der Waals surface area (Å²) < 4.78 is 0.901. The SMILES string of the molecule is CN(C)C(=O)C1CCCN1C(=O)Nc1cccc(Br)c1. The van der Waals surface area contributed by atoms with Crippen molar-refractivity contribution < 1.29 is 9.59 Å². The first-order chi connectivity index (χ1) is 9.49. The number of carbonyl (C=O) groups is 2. The van der Waals surface area contributed by atoms with Crippen molar-refractivity contribution in [1.29, 1.82) is 0 Å². The van der Waals surface area contributed by atoms with Gasteiger partial charge in [-0.3, -0.25) is 4.79 Å². The molecule has 2 rings (SSSR count). The van der Waals surface area contributed by atoms with Gasteiger partial charge in [-0.15, -0.1) is 0 Å². The molecule has 0 spiro atoms. The Morgan fingerprint density at radius 2 is 2.15 bits per heavy atom. The third-order valence-electron chi connectivity index (χ3n) is 3.32. The zero-order valence-corrected chi connectivity index (χ0v) is 13.2. The number of benzene rings is 1. The minimum Gasteiger partial charge on any atom is -0.347 e. The van der Waals surface area contributed by atoms with Crippen molar-refractivity contribution in [3.05, 3.63) is 28.7 Å². The van der Waals surface area contributed by atoms with Gasteiger partial charge in [-0.1, -0.05) is 22.0 Å². The molecule has 0 aromatic heterocycles. The Balaban J connectivity index is 2.06. The zero-order chi connectivity index (χ0) is 14.7. The Bertz CT molecular complexity index is 519. The van der Waals surface area contributed by atoms with E-state index in [1.54, 1.807) is 19.0 Å². The van der Waals surface area contributed by atoms with Gasteiger partial charge in [-0.25, -0.2) is 4.79 Å². The number of rotatable bonds is 2. The highest BCUT2D eigenvalue weighted by Gasteiger charge is 2.34. The molecule has 5 nitrogen and oxygen atoms in total. The number of carbonyl (C=O) groups excluding carboxylic acids is 2. The maximum Gasteiger partial charge on any atom is 0.322 e. The molecule has 1 aliphatic rings. The minimum atomic E-state index is -0.350. The molecule has 1 aromatic rings. The average Bonchev–Trinajstić information content (AvgIpc) is 2.86. The van der Waals surface area contributed by atoms with E-state index in [9.17, 15) is 9.59 Å². The maximum absolute atomic E-state index is 12.3. The highest BCUT2D eigenvalue weighted by molar-refractivity contribution is 9.10. The van der Waals surface area contributed by atoms with Crippen molar-refractivity contribution in [2.45, 2.75) is 18.9 Å². The third-order valence-corrected chi connectivity index (χ3v) is 3.81. The van der Waals surface area contributed by atoms with E-state index in [1.807, 2.05) is 24.3 Å². The molecule has 20 heavy (non-hydrogen) atoms. The number of nitrogens with zero attached hydrogens (tertiary/aromatic N) is 2. The first-order valence-electron chi connectivity index (χ1n) is 6.53. The molecule has 0 aliphatic carbocycles. The molecule has 1 atom stereocenters. The van der Waals surface area contributed by atoms with Crippen molar-refractivity contribution in [3.63, 3.8) is 0 Å². The summed E-state index contributed by atoms with van der Waals surface area (Å²) in [5.41, 5.74) is 0.715. The molecule has 1 N–H and O–H groups in total. The molecule has 1 saturated heterocycles. The second-order valence-electron chi connectivity index (χ2n) is 5.02. The van der Waals surface area contributed by atoms with E-state index in [0.717, 1.165) is 17.3 Å². The molecular formula is C14H18BrN3O2. The second-order valence-corrected chi connectivity index (χ2v) is 5.94. The number of nitrogens with one attached hydrogen (secondary N) is 1. The van der Waals surface area contributed by atoms with Crippen molar-refractivity contribution in [2.75, 3.05) is 26.0 Å². The first kappa shape index (κ1) is 14.8. The largest absolute Gasteiger partial charge is 0.347 e. The lowest BCUT2D eigenvalue weighted by molar-refractivity contribution is -0.132. The van der Waals surface area contributed by atoms with Crippen molar-refractivity contribution >= 4 is 33.6 Å². The summed E-state index contributed by atoms with van der Waals surface area (Å²) in [4.78, 5) is 27.5. The fourth-order valence-electron chi connectivity index (χ4n) is 2.33. The number of likely N-dealkylation sites (N-methyl/N-ethyl adjacent to an activating group) is 1. The van der Waals surface area contributed by atoms with Crippen LogP contribution in [0.5, 0.6) is 0 Å². The van der Waals surface area contributed by atoms with Gasteiger partial charge in [0, 0.05) is 30.8 Å². The summed E-state index contributed by atoms with van der Waals surface area (Å²) in [7, 11) is 3.43. The van der Waals surface area contributed by atoms with Crippen LogP contribution in [-0.4, -0.2) is 48.4 Å². The summed E-state index contributed by atoms with van der Waals surface area (Å²) >= 11 is 3.36. The van der Waals surface area contributed by atoms with Gasteiger partial charge in [0.2, 0.25) is 5.91 Å². The van der Waals surface area contributed by atoms with E-state index >= 15 is 0 Å². The van der Waals surface area contributed by atoms with Crippen LogP contribution in [0, 0.1) is 0 Å². The summed E-state index contributed by atoms with van der Waals surface area (Å²) in [6, 6.07) is 6.83. The van der Waals surface area contributed by atoms with Gasteiger partial charge in [0.05, 0.1) is 0 Å². The van der Waals surface area contributed by atoms with Gasteiger partial charge in [0.15, 0.2) is 0 Å². The second kappa shape index (κ2) is 6.26. The van der Waals surface area contributed by atoms with Crippen molar-refractivity contribution in [2.24, 2.45) is 0 Å². The number of amides is 3. The Labute approximate surface area is 127 Å². The van der Waals surface area contributed by atoms with Gasteiger partial charge in [0.1, 0.15) is 6.04 Å². The highest BCUT2D eigenvalue weighted by atomic mass is 79.9. The van der Waals surface area contributed by atoms with E-state index in [2.05, 4.69) is 21.2 Å². The van der Waals surface area contributed by atoms with Gasteiger partial charge in [0.25, 0.3) is 0 Å². The Morgan fingerprint density at radius 1 is 1.40 bits per heavy atom. The molecule has 1 aliphatic heterocycles. The van der Waals surface area contributed by atoms with Crippen LogP contribution in [0.15, 0.2) is 28.7 Å². The molecule has 3 amide bonds. The van der Waals surface area contributed by atoms with Crippen LogP contribution >= 0.6 is 15.9 Å². The Morgan fingerprint density at radius 3 is 2.80 bits per heavy atom. The highest BCUT2D eigenvalue weighted by Crippen LogP contribution is 2.21. The monoisotopic (exact) mass is 339 g/mol. The number of urea groups is 1. The van der Waals surface area contributed by atoms with Crippen LogP contribution in [-0.2, 0) is 4.79 Å². The van der Waals surface area contributed by atoms with Crippen molar-refractivity contribution in [3.8, 4) is 0 Å². The summed E-state index contributed by atoms with van der Waals surface area (Å²) in [6.07, 6.45) is 1.58. The molecule has 1 fully saturated rings. The van der Waals surface area contributed by atoms with E-state index in [-0.39, 0.29) is 18.0 Å². The lowest BCUT2D eigenvalue weighted by Crippen LogP contribution is -2.47. The first-order valence-corrected chi connectivity index (χ1v) is 7.32. The molecule has 1 unspecified atom stereocenters. The summed E-state index contributed by atoms with van der Waals surface area (Å²) in [6.45, 7) is 0.615. The van der Waals surface area contributed by atoms with E-state index in [1.165, 1.54) is 4.90 Å². The minimum absolute atomic E-state index is 0.0214.